The number of ether oxygens (including phenoxy) is 1. The summed E-state index contributed by atoms with van der Waals surface area (Å²) in [5.74, 6) is -0.315. The SMILES string of the molecule is CC(C)(C)OC(=O)c1ccc(-[n+]2ccc(Cl)cc2)cc1.Cc1ccc(S(=O)(=O)[O-])cc1. The molecule has 0 spiro atoms. The van der Waals surface area contributed by atoms with E-state index in [-0.39, 0.29) is 10.9 Å². The van der Waals surface area contributed by atoms with Crippen LogP contribution in [-0.4, -0.2) is 24.5 Å². The van der Waals surface area contributed by atoms with E-state index >= 15 is 0 Å². The standard InChI is InChI=1S/C16H17ClNO2.C7H8O3S/c1-16(2,3)20-15(19)12-4-6-14(7-5-12)18-10-8-13(17)9-11-18;1-6-2-4-7(5-3-6)11(8,9)10/h4-11H,1-3H3;2-5H,1H3,(H,8,9,10)/q+1;/p-1. The van der Waals surface area contributed by atoms with Gasteiger partial charge in [0.25, 0.3) is 0 Å². The molecular formula is C23H24ClNO5S. The minimum absolute atomic E-state index is 0.178. The van der Waals surface area contributed by atoms with Gasteiger partial charge in [-0.2, -0.15) is 4.57 Å². The van der Waals surface area contributed by atoms with Gasteiger partial charge in [-0.05, 0) is 52.0 Å². The van der Waals surface area contributed by atoms with Gasteiger partial charge in [0.1, 0.15) is 15.7 Å². The van der Waals surface area contributed by atoms with E-state index in [1.807, 2.05) is 68.9 Å². The van der Waals surface area contributed by atoms with Crippen LogP contribution >= 0.6 is 11.6 Å². The van der Waals surface area contributed by atoms with Crippen LogP contribution in [0.3, 0.4) is 0 Å². The molecule has 0 saturated carbocycles. The van der Waals surface area contributed by atoms with Crippen molar-refractivity contribution in [2.45, 2.75) is 38.2 Å². The number of nitrogens with zero attached hydrogens (tertiary/aromatic N) is 1. The second-order valence-corrected chi connectivity index (χ2v) is 9.56. The topological polar surface area (TPSA) is 87.4 Å². The summed E-state index contributed by atoms with van der Waals surface area (Å²) in [4.78, 5) is 11.7. The summed E-state index contributed by atoms with van der Waals surface area (Å²) in [5.41, 5.74) is 1.94. The van der Waals surface area contributed by atoms with Crippen LogP contribution in [0.1, 0.15) is 36.7 Å². The van der Waals surface area contributed by atoms with Crippen LogP contribution in [0, 0.1) is 6.92 Å². The zero-order valence-corrected chi connectivity index (χ0v) is 19.3. The molecule has 6 nitrogen and oxygen atoms in total. The number of esters is 1. The number of aromatic nitrogens is 1. The third kappa shape index (κ3) is 8.13. The fraction of sp³-hybridized carbons (Fsp3) is 0.217. The minimum atomic E-state index is -4.27. The third-order valence-corrected chi connectivity index (χ3v) is 5.00. The quantitative estimate of drug-likeness (QED) is 0.326. The van der Waals surface area contributed by atoms with Gasteiger partial charge in [0, 0.05) is 24.3 Å². The van der Waals surface area contributed by atoms with E-state index in [9.17, 15) is 17.8 Å². The first-order valence-corrected chi connectivity index (χ1v) is 11.2. The fourth-order valence-electron chi connectivity index (χ4n) is 2.39. The Morgan fingerprint density at radius 3 is 1.90 bits per heavy atom. The van der Waals surface area contributed by atoms with Gasteiger partial charge in [-0.1, -0.05) is 29.3 Å². The van der Waals surface area contributed by atoms with Gasteiger partial charge in [-0.3, -0.25) is 0 Å². The number of pyridine rings is 1. The number of benzene rings is 2. The van der Waals surface area contributed by atoms with Crippen molar-refractivity contribution in [2.75, 3.05) is 0 Å². The maximum Gasteiger partial charge on any atom is 0.338 e. The Morgan fingerprint density at radius 1 is 0.935 bits per heavy atom. The first-order chi connectivity index (χ1) is 14.3. The van der Waals surface area contributed by atoms with Crippen molar-refractivity contribution in [1.29, 1.82) is 0 Å². The summed E-state index contributed by atoms with van der Waals surface area (Å²) in [7, 11) is -4.27. The van der Waals surface area contributed by atoms with Crippen LogP contribution in [-0.2, 0) is 14.9 Å². The van der Waals surface area contributed by atoms with E-state index in [1.54, 1.807) is 24.3 Å². The lowest BCUT2D eigenvalue weighted by molar-refractivity contribution is -0.595. The van der Waals surface area contributed by atoms with Gasteiger partial charge in [-0.15, -0.1) is 0 Å². The van der Waals surface area contributed by atoms with E-state index in [4.69, 9.17) is 16.3 Å². The smallest absolute Gasteiger partial charge is 0.338 e. The monoisotopic (exact) mass is 461 g/mol. The molecule has 0 radical (unpaired) electrons. The fourth-order valence-corrected chi connectivity index (χ4v) is 2.97. The predicted octanol–water partition coefficient (Wildman–Crippen LogP) is 4.47. The van der Waals surface area contributed by atoms with E-state index < -0.39 is 15.7 Å². The Balaban J connectivity index is 0.000000262. The lowest BCUT2D eigenvalue weighted by atomic mass is 10.1. The average molecular weight is 462 g/mol. The molecule has 164 valence electrons. The van der Waals surface area contributed by atoms with Crippen molar-refractivity contribution in [3.63, 3.8) is 0 Å². The van der Waals surface area contributed by atoms with E-state index in [2.05, 4.69) is 0 Å². The highest BCUT2D eigenvalue weighted by Gasteiger charge is 2.18. The number of rotatable bonds is 3. The molecule has 8 heteroatoms. The van der Waals surface area contributed by atoms with Crippen molar-refractivity contribution in [3.05, 3.63) is 89.2 Å². The van der Waals surface area contributed by atoms with Crippen molar-refractivity contribution in [2.24, 2.45) is 0 Å². The molecule has 3 rings (SSSR count). The van der Waals surface area contributed by atoms with Crippen LogP contribution in [0.5, 0.6) is 0 Å². The molecule has 0 saturated heterocycles. The normalized spacial score (nSPS) is 11.3. The Kier molecular flexibility index (Phi) is 7.95. The van der Waals surface area contributed by atoms with E-state index in [0.29, 0.717) is 10.6 Å². The summed E-state index contributed by atoms with van der Waals surface area (Å²) in [5, 5.41) is 0.687. The molecule has 0 amide bonds. The molecular weight excluding hydrogens is 438 g/mol. The van der Waals surface area contributed by atoms with Crippen LogP contribution in [0.15, 0.2) is 78.0 Å². The molecule has 0 atom stereocenters. The zero-order valence-electron chi connectivity index (χ0n) is 17.7. The molecule has 0 N–H and O–H groups in total. The number of hydrogen-bond acceptors (Lipinski definition) is 5. The summed E-state index contributed by atoms with van der Waals surface area (Å²) in [6, 6.07) is 16.6. The van der Waals surface area contributed by atoms with E-state index in [0.717, 1.165) is 11.3 Å². The van der Waals surface area contributed by atoms with Gasteiger partial charge >= 0.3 is 5.97 Å². The summed E-state index contributed by atoms with van der Waals surface area (Å²) in [6.45, 7) is 7.37. The molecule has 2 aromatic carbocycles. The highest BCUT2D eigenvalue weighted by atomic mass is 35.5. The maximum absolute atomic E-state index is 11.9. The number of carbonyl (C=O) groups excluding carboxylic acids is 1. The molecule has 3 aromatic rings. The minimum Gasteiger partial charge on any atom is -0.744 e. The van der Waals surface area contributed by atoms with Crippen LogP contribution in [0.4, 0.5) is 0 Å². The lowest BCUT2D eigenvalue weighted by Gasteiger charge is -2.19. The largest absolute Gasteiger partial charge is 0.744 e. The van der Waals surface area contributed by atoms with Gasteiger partial charge in [0.15, 0.2) is 12.4 Å². The van der Waals surface area contributed by atoms with Crippen molar-refractivity contribution in [3.8, 4) is 5.69 Å². The average Bonchev–Trinajstić information content (AvgIpc) is 2.67. The molecule has 31 heavy (non-hydrogen) atoms. The van der Waals surface area contributed by atoms with Gasteiger partial charge < -0.3 is 9.29 Å². The summed E-state index contributed by atoms with van der Waals surface area (Å²) in [6.07, 6.45) is 3.73. The summed E-state index contributed by atoms with van der Waals surface area (Å²) < 4.78 is 38.4. The number of halogens is 1. The molecule has 0 unspecified atom stereocenters. The van der Waals surface area contributed by atoms with Crippen molar-refractivity contribution < 1.29 is 27.1 Å². The van der Waals surface area contributed by atoms with Crippen LogP contribution < -0.4 is 4.57 Å². The number of hydrogen-bond donors (Lipinski definition) is 0. The molecule has 0 fully saturated rings. The molecule has 0 aliphatic rings. The van der Waals surface area contributed by atoms with Gasteiger partial charge in [-0.25, -0.2) is 13.2 Å². The Bertz CT molecular complexity index is 1120. The zero-order chi connectivity index (χ0) is 23.2. The number of carbonyl (C=O) groups is 1. The molecule has 0 bridgehead atoms. The van der Waals surface area contributed by atoms with Crippen molar-refractivity contribution >= 4 is 27.7 Å². The lowest BCUT2D eigenvalue weighted by Crippen LogP contribution is -2.29. The summed E-state index contributed by atoms with van der Waals surface area (Å²) >= 11 is 5.85. The van der Waals surface area contributed by atoms with Crippen LogP contribution in [0.25, 0.3) is 5.69 Å². The second kappa shape index (κ2) is 10.0. The molecule has 1 heterocycles. The van der Waals surface area contributed by atoms with Crippen molar-refractivity contribution in [1.82, 2.24) is 0 Å². The Morgan fingerprint density at radius 2 is 1.45 bits per heavy atom. The highest BCUT2D eigenvalue weighted by molar-refractivity contribution is 7.85. The first-order valence-electron chi connectivity index (χ1n) is 9.38. The van der Waals surface area contributed by atoms with Gasteiger partial charge in [0.2, 0.25) is 5.69 Å². The number of aryl methyl sites for hydroxylation is 1. The Labute approximate surface area is 187 Å². The first kappa shape index (κ1) is 24.5. The predicted molar refractivity (Wildman–Crippen MR) is 117 cm³/mol. The second-order valence-electron chi connectivity index (χ2n) is 7.74. The van der Waals surface area contributed by atoms with Gasteiger partial charge in [0.05, 0.1) is 15.5 Å². The third-order valence-electron chi connectivity index (χ3n) is 3.90. The van der Waals surface area contributed by atoms with Crippen LogP contribution in [0.2, 0.25) is 5.02 Å². The van der Waals surface area contributed by atoms with E-state index in [1.165, 1.54) is 12.1 Å². The highest BCUT2D eigenvalue weighted by Crippen LogP contribution is 2.13. The maximum atomic E-state index is 11.9. The molecule has 1 aromatic heterocycles. The molecule has 0 aliphatic carbocycles. The Hall–Kier alpha value is -2.74. The molecule has 0 aliphatic heterocycles.